The van der Waals surface area contributed by atoms with Crippen LogP contribution in [0.4, 0.5) is 0 Å². The molecular formula is C36H37NO5. The summed E-state index contributed by atoms with van der Waals surface area (Å²) in [6.45, 7) is 0.909. The molecule has 2 fully saturated rings. The van der Waals surface area contributed by atoms with E-state index in [4.69, 9.17) is 18.9 Å². The SMILES string of the molecule is COc1cc([C@H]2N[C@@H](c3ccc(OCc4ccccc4)c(OC)c3)[C@H]3CCC[C@@H]2C3=O)ccc1OCc1ccccc1. The summed E-state index contributed by atoms with van der Waals surface area (Å²) in [5.41, 5.74) is 4.23. The molecule has 1 saturated heterocycles. The van der Waals surface area contributed by atoms with Gasteiger partial charge in [-0.1, -0.05) is 79.2 Å². The number of carbonyl (C=O) groups excluding carboxylic acids is 1. The maximum Gasteiger partial charge on any atom is 0.161 e. The number of carbonyl (C=O) groups is 1. The molecule has 2 bridgehead atoms. The summed E-state index contributed by atoms with van der Waals surface area (Å²) in [5, 5.41) is 3.86. The largest absolute Gasteiger partial charge is 0.493 e. The zero-order valence-corrected chi connectivity index (χ0v) is 24.1. The van der Waals surface area contributed by atoms with Crippen molar-refractivity contribution in [3.8, 4) is 23.0 Å². The van der Waals surface area contributed by atoms with Gasteiger partial charge in [0.2, 0.25) is 0 Å². The van der Waals surface area contributed by atoms with Gasteiger partial charge in [-0.25, -0.2) is 0 Å². The zero-order chi connectivity index (χ0) is 28.9. The Morgan fingerprint density at radius 3 is 1.50 bits per heavy atom. The van der Waals surface area contributed by atoms with E-state index in [1.165, 1.54) is 0 Å². The number of Topliss-reactive ketones (excluding diaryl/α,β-unsaturated/α-hetero) is 1. The predicted molar refractivity (Wildman–Crippen MR) is 162 cm³/mol. The third kappa shape index (κ3) is 5.86. The highest BCUT2D eigenvalue weighted by Gasteiger charge is 2.46. The summed E-state index contributed by atoms with van der Waals surface area (Å²) < 4.78 is 23.7. The van der Waals surface area contributed by atoms with Crippen molar-refractivity contribution in [3.05, 3.63) is 119 Å². The molecule has 4 aromatic carbocycles. The summed E-state index contributed by atoms with van der Waals surface area (Å²) in [7, 11) is 3.31. The fourth-order valence-corrected chi connectivity index (χ4v) is 6.33. The number of hydrogen-bond acceptors (Lipinski definition) is 6. The smallest absolute Gasteiger partial charge is 0.161 e. The molecule has 1 aliphatic heterocycles. The van der Waals surface area contributed by atoms with Crippen LogP contribution in [0.3, 0.4) is 0 Å². The minimum Gasteiger partial charge on any atom is -0.493 e. The van der Waals surface area contributed by atoms with Crippen molar-refractivity contribution >= 4 is 5.78 Å². The van der Waals surface area contributed by atoms with E-state index in [0.717, 1.165) is 41.5 Å². The summed E-state index contributed by atoms with van der Waals surface area (Å²) in [4.78, 5) is 13.8. The Hall–Kier alpha value is -4.29. The number of methoxy groups -OCH3 is 2. The molecule has 216 valence electrons. The summed E-state index contributed by atoms with van der Waals surface area (Å²) >= 11 is 0. The normalized spacial score (nSPS) is 21.4. The van der Waals surface area contributed by atoms with Crippen molar-refractivity contribution in [1.29, 1.82) is 0 Å². The van der Waals surface area contributed by atoms with Crippen molar-refractivity contribution in [2.75, 3.05) is 14.2 Å². The molecule has 0 aromatic heterocycles. The zero-order valence-electron chi connectivity index (χ0n) is 24.1. The van der Waals surface area contributed by atoms with E-state index >= 15 is 0 Å². The first-order valence-corrected chi connectivity index (χ1v) is 14.6. The van der Waals surface area contributed by atoms with Crippen molar-refractivity contribution in [3.63, 3.8) is 0 Å². The van der Waals surface area contributed by atoms with E-state index in [-0.39, 0.29) is 23.9 Å². The Bertz CT molecular complexity index is 1400. The predicted octanol–water partition coefficient (Wildman–Crippen LogP) is 7.23. The number of fused-ring (bicyclic) bond motifs is 2. The van der Waals surface area contributed by atoms with E-state index in [1.54, 1.807) is 14.2 Å². The van der Waals surface area contributed by atoms with Crippen LogP contribution in [0.5, 0.6) is 23.0 Å². The number of nitrogens with one attached hydrogen (secondary N) is 1. The molecule has 2 aliphatic rings. The molecule has 1 aliphatic carbocycles. The molecule has 1 heterocycles. The number of piperidine rings is 1. The summed E-state index contributed by atoms with van der Waals surface area (Å²) in [6, 6.07) is 31.9. The average Bonchev–Trinajstić information content (AvgIpc) is 3.04. The minimum atomic E-state index is -0.129. The van der Waals surface area contributed by atoms with Crippen LogP contribution in [0, 0.1) is 11.8 Å². The Labute approximate surface area is 247 Å². The fraction of sp³-hybridized carbons (Fsp3) is 0.306. The van der Waals surface area contributed by atoms with Gasteiger partial charge in [0, 0.05) is 23.9 Å². The second-order valence-corrected chi connectivity index (χ2v) is 11.0. The Morgan fingerprint density at radius 2 is 1.07 bits per heavy atom. The van der Waals surface area contributed by atoms with Gasteiger partial charge in [0.05, 0.1) is 14.2 Å². The van der Waals surface area contributed by atoms with Crippen LogP contribution < -0.4 is 24.3 Å². The molecular weight excluding hydrogens is 526 g/mol. The van der Waals surface area contributed by atoms with Crippen molar-refractivity contribution in [1.82, 2.24) is 5.32 Å². The first-order valence-electron chi connectivity index (χ1n) is 14.6. The van der Waals surface area contributed by atoms with Gasteiger partial charge in [0.15, 0.2) is 23.0 Å². The highest BCUT2D eigenvalue weighted by molar-refractivity contribution is 5.87. The second kappa shape index (κ2) is 12.7. The van der Waals surface area contributed by atoms with Gasteiger partial charge in [0.1, 0.15) is 19.0 Å². The van der Waals surface area contributed by atoms with Crippen LogP contribution in [0.2, 0.25) is 0 Å². The molecule has 1 N–H and O–H groups in total. The number of hydrogen-bond donors (Lipinski definition) is 1. The molecule has 6 rings (SSSR count). The molecule has 1 saturated carbocycles. The Kier molecular flexibility index (Phi) is 8.42. The third-order valence-electron chi connectivity index (χ3n) is 8.49. The number of rotatable bonds is 10. The number of ketones is 1. The van der Waals surface area contributed by atoms with Crippen LogP contribution >= 0.6 is 0 Å². The van der Waals surface area contributed by atoms with Gasteiger partial charge in [-0.3, -0.25) is 4.79 Å². The highest BCUT2D eigenvalue weighted by atomic mass is 16.5. The van der Waals surface area contributed by atoms with Crippen LogP contribution in [0.15, 0.2) is 97.1 Å². The van der Waals surface area contributed by atoms with Gasteiger partial charge in [0.25, 0.3) is 0 Å². The lowest BCUT2D eigenvalue weighted by Crippen LogP contribution is -2.50. The van der Waals surface area contributed by atoms with Crippen molar-refractivity contribution in [2.45, 2.75) is 44.6 Å². The Balaban J connectivity index is 1.24. The molecule has 0 unspecified atom stereocenters. The molecule has 0 amide bonds. The van der Waals surface area contributed by atoms with Crippen molar-refractivity contribution < 1.29 is 23.7 Å². The van der Waals surface area contributed by atoms with E-state index in [9.17, 15) is 4.79 Å². The van der Waals surface area contributed by atoms with Crippen LogP contribution in [-0.4, -0.2) is 20.0 Å². The minimum absolute atomic E-state index is 0.0730. The Morgan fingerprint density at radius 1 is 0.619 bits per heavy atom. The first kappa shape index (κ1) is 27.9. The van der Waals surface area contributed by atoms with Gasteiger partial charge < -0.3 is 24.3 Å². The maximum absolute atomic E-state index is 13.8. The lowest BCUT2D eigenvalue weighted by molar-refractivity contribution is -0.135. The van der Waals surface area contributed by atoms with E-state index in [1.807, 2.05) is 84.9 Å². The molecule has 42 heavy (non-hydrogen) atoms. The van der Waals surface area contributed by atoms with Gasteiger partial charge in [-0.15, -0.1) is 0 Å². The number of benzene rings is 4. The molecule has 0 spiro atoms. The van der Waals surface area contributed by atoms with E-state index in [0.29, 0.717) is 42.0 Å². The van der Waals surface area contributed by atoms with E-state index < -0.39 is 0 Å². The second-order valence-electron chi connectivity index (χ2n) is 11.0. The molecule has 6 nitrogen and oxygen atoms in total. The lowest BCUT2D eigenvalue weighted by atomic mass is 9.67. The van der Waals surface area contributed by atoms with Crippen LogP contribution in [0.25, 0.3) is 0 Å². The first-order chi connectivity index (χ1) is 20.6. The number of ether oxygens (including phenoxy) is 4. The van der Waals surface area contributed by atoms with Crippen LogP contribution in [0.1, 0.15) is 53.6 Å². The highest BCUT2D eigenvalue weighted by Crippen LogP contribution is 2.47. The van der Waals surface area contributed by atoms with Crippen LogP contribution in [-0.2, 0) is 18.0 Å². The lowest BCUT2D eigenvalue weighted by Gasteiger charge is -2.45. The topological polar surface area (TPSA) is 66.0 Å². The molecule has 0 radical (unpaired) electrons. The van der Waals surface area contributed by atoms with Gasteiger partial charge in [-0.05, 0) is 59.4 Å². The summed E-state index contributed by atoms with van der Waals surface area (Å²) in [5.74, 6) is 2.87. The fourth-order valence-electron chi connectivity index (χ4n) is 6.33. The maximum atomic E-state index is 13.8. The van der Waals surface area contributed by atoms with E-state index in [2.05, 4.69) is 17.4 Å². The van der Waals surface area contributed by atoms with Gasteiger partial charge in [-0.2, -0.15) is 0 Å². The molecule has 4 atom stereocenters. The molecule has 4 aromatic rings. The average molecular weight is 564 g/mol. The molecule has 6 heteroatoms. The third-order valence-corrected chi connectivity index (χ3v) is 8.49. The van der Waals surface area contributed by atoms with Crippen molar-refractivity contribution in [2.24, 2.45) is 11.8 Å². The summed E-state index contributed by atoms with van der Waals surface area (Å²) in [6.07, 6.45) is 2.79. The standard InChI is InChI=1S/C36H37NO5/c1-39-32-20-26(16-18-30(32)41-22-24-10-5-3-6-11-24)34-28-14-9-15-29(36(28)38)35(37-34)27-17-19-31(33(21-27)40-2)42-23-25-12-7-4-8-13-25/h3-8,10-13,16-21,28-29,34-35,37H,9,14-15,22-23H2,1-2H3/t28-,29+,34+,35-. The quantitative estimate of drug-likeness (QED) is 0.220. The monoisotopic (exact) mass is 563 g/mol. The van der Waals surface area contributed by atoms with Gasteiger partial charge >= 0.3 is 0 Å².